The number of esters is 1. The smallest absolute Gasteiger partial charge is 0.355 e. The molecule has 140 valence electrons. The topological polar surface area (TPSA) is 94.5 Å². The summed E-state index contributed by atoms with van der Waals surface area (Å²) in [6.45, 7) is 1.73. The fourth-order valence-electron chi connectivity index (χ4n) is 2.17. The largest absolute Gasteiger partial charge is 0.461 e. The molecule has 0 unspecified atom stereocenters. The summed E-state index contributed by atoms with van der Waals surface area (Å²) in [4.78, 5) is 23.7. The van der Waals surface area contributed by atoms with Crippen molar-refractivity contribution in [2.45, 2.75) is 11.8 Å². The third-order valence-corrected chi connectivity index (χ3v) is 5.74. The second-order valence-electron chi connectivity index (χ2n) is 5.04. The molecule has 0 aliphatic rings. The highest BCUT2D eigenvalue weighted by atomic mass is 35.5. The second kappa shape index (κ2) is 8.61. The number of carbonyl (C=O) groups is 2. The van der Waals surface area contributed by atoms with Gasteiger partial charge in [0.1, 0.15) is 10.6 Å². The molecule has 1 aromatic heterocycles. The number of aromatic nitrogens is 1. The molecule has 1 N–H and O–H groups in total. The van der Waals surface area contributed by atoms with Gasteiger partial charge < -0.3 is 10.1 Å². The van der Waals surface area contributed by atoms with Gasteiger partial charge in [-0.1, -0.05) is 11.6 Å². The lowest BCUT2D eigenvalue weighted by molar-refractivity contribution is -0.113. The molecule has 0 radical (unpaired) electrons. The summed E-state index contributed by atoms with van der Waals surface area (Å²) in [5, 5.41) is 2.73. The molecule has 0 atom stereocenters. The number of carbonyl (C=O) groups excluding carboxylic acids is 2. The molecule has 0 aliphatic heterocycles. The number of benzene rings is 1. The Balaban J connectivity index is 2.53. The SMILES string of the molecule is CCOC(=O)c1cccn1S(=O)(=O)c1cc(Cl)ccc1NC(=O)CSC. The summed E-state index contributed by atoms with van der Waals surface area (Å²) in [7, 11) is -4.19. The van der Waals surface area contributed by atoms with Gasteiger partial charge in [-0.2, -0.15) is 11.8 Å². The van der Waals surface area contributed by atoms with Crippen LogP contribution in [0.1, 0.15) is 17.4 Å². The van der Waals surface area contributed by atoms with Crippen LogP contribution in [0.3, 0.4) is 0 Å². The number of nitrogens with one attached hydrogen (secondary N) is 1. The first kappa shape index (κ1) is 20.3. The second-order valence-corrected chi connectivity index (χ2v) is 8.12. The van der Waals surface area contributed by atoms with Gasteiger partial charge in [-0.05, 0) is 43.5 Å². The first-order chi connectivity index (χ1) is 12.3. The van der Waals surface area contributed by atoms with Gasteiger partial charge in [-0.25, -0.2) is 17.2 Å². The van der Waals surface area contributed by atoms with Crippen LogP contribution in [0, 0.1) is 0 Å². The van der Waals surface area contributed by atoms with E-state index in [1.807, 2.05) is 0 Å². The van der Waals surface area contributed by atoms with Crippen molar-refractivity contribution in [2.24, 2.45) is 0 Å². The number of halogens is 1. The number of nitrogens with zero attached hydrogens (tertiary/aromatic N) is 1. The van der Waals surface area contributed by atoms with Gasteiger partial charge in [0.25, 0.3) is 10.0 Å². The monoisotopic (exact) mass is 416 g/mol. The number of amides is 1. The van der Waals surface area contributed by atoms with Gasteiger partial charge in [0.2, 0.25) is 5.91 Å². The Bertz CT molecular complexity index is 924. The van der Waals surface area contributed by atoms with Gasteiger partial charge in [-0.3, -0.25) is 4.79 Å². The van der Waals surface area contributed by atoms with Crippen LogP contribution in [-0.4, -0.2) is 42.9 Å². The molecule has 26 heavy (non-hydrogen) atoms. The summed E-state index contributed by atoms with van der Waals surface area (Å²) in [6, 6.07) is 6.85. The molecular weight excluding hydrogens is 400 g/mol. The lowest BCUT2D eigenvalue weighted by Gasteiger charge is -2.14. The molecule has 1 aromatic carbocycles. The molecule has 0 aliphatic carbocycles. The standard InChI is InChI=1S/C16H17ClN2O5S2/c1-3-24-16(21)13-5-4-8-19(13)26(22,23)14-9-11(17)6-7-12(14)18-15(20)10-25-2/h4-9H,3,10H2,1-2H3,(H,18,20). The molecular formula is C16H17ClN2O5S2. The highest BCUT2D eigenvalue weighted by molar-refractivity contribution is 7.99. The van der Waals surface area contributed by atoms with Crippen molar-refractivity contribution in [1.29, 1.82) is 0 Å². The first-order valence-electron chi connectivity index (χ1n) is 7.49. The van der Waals surface area contributed by atoms with E-state index in [0.717, 1.165) is 3.97 Å². The number of ether oxygens (including phenoxy) is 1. The molecule has 1 heterocycles. The number of hydrogen-bond acceptors (Lipinski definition) is 6. The fourth-order valence-corrected chi connectivity index (χ4v) is 4.26. The van der Waals surface area contributed by atoms with E-state index in [4.69, 9.17) is 16.3 Å². The van der Waals surface area contributed by atoms with Gasteiger partial charge in [0.15, 0.2) is 0 Å². The molecule has 0 fully saturated rings. The van der Waals surface area contributed by atoms with Crippen molar-refractivity contribution in [1.82, 2.24) is 3.97 Å². The van der Waals surface area contributed by atoms with Crippen LogP contribution >= 0.6 is 23.4 Å². The lowest BCUT2D eigenvalue weighted by atomic mass is 10.3. The fraction of sp³-hybridized carbons (Fsp3) is 0.250. The third-order valence-electron chi connectivity index (χ3n) is 3.23. The zero-order valence-electron chi connectivity index (χ0n) is 14.1. The molecule has 2 rings (SSSR count). The van der Waals surface area contributed by atoms with Gasteiger partial charge >= 0.3 is 5.97 Å². The molecule has 1 amide bonds. The Kier molecular flexibility index (Phi) is 6.74. The average Bonchev–Trinajstić information content (AvgIpc) is 3.07. The zero-order chi connectivity index (χ0) is 19.3. The Morgan fingerprint density at radius 2 is 2.04 bits per heavy atom. The number of hydrogen-bond donors (Lipinski definition) is 1. The summed E-state index contributed by atoms with van der Waals surface area (Å²) >= 11 is 7.25. The predicted octanol–water partition coefficient (Wildman–Crippen LogP) is 2.86. The van der Waals surface area contributed by atoms with Crippen LogP contribution in [0.15, 0.2) is 41.4 Å². The van der Waals surface area contributed by atoms with Crippen molar-refractivity contribution in [2.75, 3.05) is 23.9 Å². The maximum absolute atomic E-state index is 13.1. The van der Waals surface area contributed by atoms with E-state index in [1.54, 1.807) is 13.2 Å². The molecule has 0 bridgehead atoms. The van der Waals surface area contributed by atoms with E-state index in [-0.39, 0.29) is 39.6 Å². The Labute approximate surface area is 160 Å². The van der Waals surface area contributed by atoms with Crippen molar-refractivity contribution in [3.8, 4) is 0 Å². The highest BCUT2D eigenvalue weighted by Gasteiger charge is 2.26. The van der Waals surface area contributed by atoms with Crippen LogP contribution < -0.4 is 5.32 Å². The minimum Gasteiger partial charge on any atom is -0.461 e. The highest BCUT2D eigenvalue weighted by Crippen LogP contribution is 2.28. The normalized spacial score (nSPS) is 11.2. The molecule has 7 nitrogen and oxygen atoms in total. The number of anilines is 1. The Morgan fingerprint density at radius 1 is 1.31 bits per heavy atom. The summed E-state index contributed by atoms with van der Waals surface area (Å²) < 4.78 is 31.8. The van der Waals surface area contributed by atoms with E-state index >= 15 is 0 Å². The van der Waals surface area contributed by atoms with E-state index < -0.39 is 16.0 Å². The maximum Gasteiger partial charge on any atom is 0.355 e. The van der Waals surface area contributed by atoms with Gasteiger partial charge in [0, 0.05) is 11.2 Å². The van der Waals surface area contributed by atoms with Crippen molar-refractivity contribution in [3.05, 3.63) is 47.2 Å². The van der Waals surface area contributed by atoms with Gasteiger partial charge in [-0.15, -0.1) is 0 Å². The third kappa shape index (κ3) is 4.40. The summed E-state index contributed by atoms with van der Waals surface area (Å²) in [5.74, 6) is -0.954. The minimum atomic E-state index is -4.19. The minimum absolute atomic E-state index is 0.0805. The van der Waals surface area contributed by atoms with E-state index in [1.165, 1.54) is 48.3 Å². The van der Waals surface area contributed by atoms with Crippen molar-refractivity contribution in [3.63, 3.8) is 0 Å². The van der Waals surface area contributed by atoms with Crippen LogP contribution in [-0.2, 0) is 19.6 Å². The molecule has 0 spiro atoms. The zero-order valence-corrected chi connectivity index (χ0v) is 16.5. The van der Waals surface area contributed by atoms with Crippen LogP contribution in [0.25, 0.3) is 0 Å². The van der Waals surface area contributed by atoms with Crippen molar-refractivity contribution >= 4 is 50.9 Å². The van der Waals surface area contributed by atoms with Crippen molar-refractivity contribution < 1.29 is 22.7 Å². The van der Waals surface area contributed by atoms with Crippen LogP contribution in [0.4, 0.5) is 5.69 Å². The molecule has 10 heteroatoms. The molecule has 0 saturated heterocycles. The van der Waals surface area contributed by atoms with E-state index in [2.05, 4.69) is 5.32 Å². The predicted molar refractivity (Wildman–Crippen MR) is 101 cm³/mol. The summed E-state index contributed by atoms with van der Waals surface area (Å²) in [6.07, 6.45) is 2.99. The average molecular weight is 417 g/mol. The Morgan fingerprint density at radius 3 is 2.69 bits per heavy atom. The first-order valence-corrected chi connectivity index (χ1v) is 10.7. The van der Waals surface area contributed by atoms with Gasteiger partial charge in [0.05, 0.1) is 18.0 Å². The lowest BCUT2D eigenvalue weighted by Crippen LogP contribution is -2.22. The number of thioether (sulfide) groups is 1. The molecule has 0 saturated carbocycles. The molecule has 2 aromatic rings. The number of rotatable bonds is 7. The van der Waals surface area contributed by atoms with Crippen LogP contribution in [0.5, 0.6) is 0 Å². The van der Waals surface area contributed by atoms with Crippen LogP contribution in [0.2, 0.25) is 5.02 Å². The quantitative estimate of drug-likeness (QED) is 0.697. The maximum atomic E-state index is 13.1. The Hall–Kier alpha value is -1.97. The summed E-state index contributed by atoms with van der Waals surface area (Å²) in [5.41, 5.74) is -0.0647. The van der Waals surface area contributed by atoms with E-state index in [9.17, 15) is 18.0 Å². The van der Waals surface area contributed by atoms with E-state index in [0.29, 0.717) is 0 Å².